The fourth-order valence-electron chi connectivity index (χ4n) is 2.52. The highest BCUT2D eigenvalue weighted by Gasteiger charge is 2.32. The molecule has 1 aromatic carbocycles. The maximum absolute atomic E-state index is 10.2. The molecule has 1 atom stereocenters. The quantitative estimate of drug-likeness (QED) is 0.940. The van der Waals surface area contributed by atoms with Gasteiger partial charge in [-0.15, -0.1) is 0 Å². The molecule has 0 amide bonds. The van der Waals surface area contributed by atoms with E-state index in [9.17, 15) is 5.11 Å². The van der Waals surface area contributed by atoms with Crippen LogP contribution in [-0.2, 0) is 6.61 Å². The Morgan fingerprint density at radius 2 is 2.19 bits per heavy atom. The number of aromatic nitrogens is 1. The number of ether oxygens (including phenoxy) is 2. The maximum Gasteiger partial charge on any atom is 0.174 e. The van der Waals surface area contributed by atoms with Crippen LogP contribution in [0.4, 0.5) is 0 Å². The van der Waals surface area contributed by atoms with Crippen molar-refractivity contribution in [3.05, 3.63) is 41.3 Å². The molecular formula is C16H19NO4. The van der Waals surface area contributed by atoms with Gasteiger partial charge in [-0.3, -0.25) is 0 Å². The number of hydrogen-bond donors (Lipinski definition) is 1. The minimum absolute atomic E-state index is 0.311. The van der Waals surface area contributed by atoms with Crippen LogP contribution in [-0.4, -0.2) is 15.9 Å². The van der Waals surface area contributed by atoms with Gasteiger partial charge in [-0.05, 0) is 32.9 Å². The van der Waals surface area contributed by atoms with Crippen molar-refractivity contribution in [3.63, 3.8) is 0 Å². The molecule has 5 nitrogen and oxygen atoms in total. The van der Waals surface area contributed by atoms with Crippen LogP contribution in [0.3, 0.4) is 0 Å². The number of rotatable bonds is 3. The van der Waals surface area contributed by atoms with Crippen LogP contribution in [0, 0.1) is 6.92 Å². The Balaban J connectivity index is 1.76. The van der Waals surface area contributed by atoms with E-state index in [0.717, 1.165) is 11.3 Å². The molecule has 1 aromatic heterocycles. The van der Waals surface area contributed by atoms with E-state index in [1.807, 2.05) is 45.0 Å². The second-order valence-electron chi connectivity index (χ2n) is 6.00. The van der Waals surface area contributed by atoms with Crippen LogP contribution in [0.5, 0.6) is 11.5 Å². The summed E-state index contributed by atoms with van der Waals surface area (Å²) in [6, 6.07) is 7.31. The van der Waals surface area contributed by atoms with Crippen molar-refractivity contribution in [1.29, 1.82) is 0 Å². The van der Waals surface area contributed by atoms with Crippen LogP contribution in [0.2, 0.25) is 0 Å². The van der Waals surface area contributed by atoms with Crippen LogP contribution in [0.15, 0.2) is 28.8 Å². The van der Waals surface area contributed by atoms with Crippen LogP contribution < -0.4 is 9.47 Å². The average Bonchev–Trinajstić information content (AvgIpc) is 2.80. The molecule has 1 N–H and O–H groups in total. The Labute approximate surface area is 123 Å². The van der Waals surface area contributed by atoms with Gasteiger partial charge in [0.25, 0.3) is 0 Å². The largest absolute Gasteiger partial charge is 0.487 e. The van der Waals surface area contributed by atoms with E-state index in [-0.39, 0.29) is 5.60 Å². The number of nitrogens with zero attached hydrogens (tertiary/aromatic N) is 1. The van der Waals surface area contributed by atoms with Crippen molar-refractivity contribution < 1.29 is 19.1 Å². The van der Waals surface area contributed by atoms with Gasteiger partial charge in [-0.2, -0.15) is 0 Å². The number of fused-ring (bicyclic) bond motifs is 1. The highest BCUT2D eigenvalue weighted by Crippen LogP contribution is 2.41. The second kappa shape index (κ2) is 5.07. The molecule has 1 aliphatic rings. The van der Waals surface area contributed by atoms with Crippen molar-refractivity contribution in [2.24, 2.45) is 0 Å². The summed E-state index contributed by atoms with van der Waals surface area (Å²) in [4.78, 5) is 0. The van der Waals surface area contributed by atoms with E-state index in [4.69, 9.17) is 14.0 Å². The summed E-state index contributed by atoms with van der Waals surface area (Å²) in [5, 5.41) is 14.0. The molecule has 21 heavy (non-hydrogen) atoms. The first-order chi connectivity index (χ1) is 9.93. The third-order valence-electron chi connectivity index (χ3n) is 3.47. The lowest BCUT2D eigenvalue weighted by atomic mass is 9.92. The summed E-state index contributed by atoms with van der Waals surface area (Å²) >= 11 is 0. The van der Waals surface area contributed by atoms with Crippen molar-refractivity contribution in [2.45, 2.75) is 45.5 Å². The molecular weight excluding hydrogens is 270 g/mol. The molecule has 0 saturated carbocycles. The standard InChI is InChI=1S/C16H19NO4/c1-10-6-12(21-17-10)9-19-11-4-5-13-14(18)8-16(2,3)20-15(13)7-11/h4-7,14,18H,8-9H2,1-3H3. The Morgan fingerprint density at radius 1 is 1.38 bits per heavy atom. The number of aliphatic hydroxyl groups excluding tert-OH is 1. The molecule has 0 fully saturated rings. The first-order valence-corrected chi connectivity index (χ1v) is 6.99. The van der Waals surface area contributed by atoms with Gasteiger partial charge >= 0.3 is 0 Å². The van der Waals surface area contributed by atoms with Gasteiger partial charge < -0.3 is 19.1 Å². The molecule has 2 aromatic rings. The Kier molecular flexibility index (Phi) is 3.37. The molecule has 1 unspecified atom stereocenters. The molecule has 0 saturated heterocycles. The topological polar surface area (TPSA) is 64.7 Å². The number of benzene rings is 1. The van der Waals surface area contributed by atoms with E-state index in [0.29, 0.717) is 30.3 Å². The molecule has 5 heteroatoms. The number of aryl methyl sites for hydroxylation is 1. The van der Waals surface area contributed by atoms with E-state index in [1.165, 1.54) is 0 Å². The lowest BCUT2D eigenvalue weighted by Gasteiger charge is -2.35. The summed E-state index contributed by atoms with van der Waals surface area (Å²) in [6.07, 6.45) is 0.0760. The Hall–Kier alpha value is -2.01. The van der Waals surface area contributed by atoms with E-state index >= 15 is 0 Å². The van der Waals surface area contributed by atoms with Gasteiger partial charge in [-0.1, -0.05) is 5.16 Å². The molecule has 2 heterocycles. The second-order valence-corrected chi connectivity index (χ2v) is 6.00. The average molecular weight is 289 g/mol. The normalized spacial score (nSPS) is 19.7. The fourth-order valence-corrected chi connectivity index (χ4v) is 2.52. The summed E-state index contributed by atoms with van der Waals surface area (Å²) in [5.41, 5.74) is 1.25. The number of hydrogen-bond acceptors (Lipinski definition) is 5. The molecule has 1 aliphatic heterocycles. The van der Waals surface area contributed by atoms with Crippen LogP contribution in [0.1, 0.15) is 43.4 Å². The van der Waals surface area contributed by atoms with Crippen molar-refractivity contribution in [3.8, 4) is 11.5 Å². The zero-order chi connectivity index (χ0) is 15.0. The first-order valence-electron chi connectivity index (χ1n) is 6.99. The lowest BCUT2D eigenvalue weighted by molar-refractivity contribution is 0.0113. The molecule has 112 valence electrons. The molecule has 0 aliphatic carbocycles. The maximum atomic E-state index is 10.2. The SMILES string of the molecule is Cc1cc(COc2ccc3c(c2)OC(C)(C)CC3O)on1. The predicted octanol–water partition coefficient (Wildman–Crippen LogP) is 3.16. The third kappa shape index (κ3) is 3.03. The van der Waals surface area contributed by atoms with Crippen molar-refractivity contribution in [2.75, 3.05) is 0 Å². The highest BCUT2D eigenvalue weighted by atomic mass is 16.5. The van der Waals surface area contributed by atoms with Crippen molar-refractivity contribution in [1.82, 2.24) is 5.16 Å². The van der Waals surface area contributed by atoms with Gasteiger partial charge in [0.05, 0.1) is 11.8 Å². The van der Waals surface area contributed by atoms with Crippen LogP contribution in [0.25, 0.3) is 0 Å². The highest BCUT2D eigenvalue weighted by molar-refractivity contribution is 5.43. The number of aliphatic hydroxyl groups is 1. The predicted molar refractivity (Wildman–Crippen MR) is 76.3 cm³/mol. The zero-order valence-electron chi connectivity index (χ0n) is 12.4. The lowest BCUT2D eigenvalue weighted by Crippen LogP contribution is -2.34. The minimum Gasteiger partial charge on any atom is -0.487 e. The summed E-state index contributed by atoms with van der Waals surface area (Å²) in [5.74, 6) is 2.02. The third-order valence-corrected chi connectivity index (χ3v) is 3.47. The van der Waals surface area contributed by atoms with E-state index in [1.54, 1.807) is 0 Å². The van der Waals surface area contributed by atoms with Gasteiger partial charge in [0.15, 0.2) is 5.76 Å². The first kappa shape index (κ1) is 13.9. The molecule has 0 radical (unpaired) electrons. The monoisotopic (exact) mass is 289 g/mol. The van der Waals surface area contributed by atoms with E-state index < -0.39 is 6.10 Å². The Morgan fingerprint density at radius 3 is 2.90 bits per heavy atom. The van der Waals surface area contributed by atoms with Crippen LogP contribution >= 0.6 is 0 Å². The minimum atomic E-state index is -0.505. The van der Waals surface area contributed by atoms with Gasteiger partial charge in [0.2, 0.25) is 0 Å². The smallest absolute Gasteiger partial charge is 0.174 e. The summed E-state index contributed by atoms with van der Waals surface area (Å²) in [6.45, 7) is 6.10. The van der Waals surface area contributed by atoms with E-state index in [2.05, 4.69) is 5.16 Å². The Bertz CT molecular complexity index is 647. The molecule has 0 bridgehead atoms. The summed E-state index contributed by atoms with van der Waals surface area (Å²) < 4.78 is 16.7. The van der Waals surface area contributed by atoms with Gasteiger partial charge in [0.1, 0.15) is 23.7 Å². The molecule has 3 rings (SSSR count). The molecule has 0 spiro atoms. The zero-order valence-corrected chi connectivity index (χ0v) is 12.4. The van der Waals surface area contributed by atoms with Gasteiger partial charge in [-0.25, -0.2) is 0 Å². The fraction of sp³-hybridized carbons (Fsp3) is 0.438. The summed E-state index contributed by atoms with van der Waals surface area (Å²) in [7, 11) is 0. The van der Waals surface area contributed by atoms with Gasteiger partial charge in [0, 0.05) is 24.1 Å². The van der Waals surface area contributed by atoms with Crippen molar-refractivity contribution >= 4 is 0 Å².